The minimum atomic E-state index is -0.341. The maximum absolute atomic E-state index is 11.4. The van der Waals surface area contributed by atoms with Gasteiger partial charge in [0, 0.05) is 25.3 Å². The smallest absolute Gasteiger partial charge is 0.339 e. The van der Waals surface area contributed by atoms with Crippen LogP contribution in [0.5, 0.6) is 0 Å². The van der Waals surface area contributed by atoms with E-state index in [9.17, 15) is 4.79 Å². The molecular formula is C15H23N3O2. The van der Waals surface area contributed by atoms with Crippen molar-refractivity contribution in [2.75, 3.05) is 34.3 Å². The van der Waals surface area contributed by atoms with E-state index in [1.807, 2.05) is 6.07 Å². The Morgan fingerprint density at radius 1 is 1.55 bits per heavy atom. The summed E-state index contributed by atoms with van der Waals surface area (Å²) in [5.41, 5.74) is 1.48. The maximum atomic E-state index is 11.4. The lowest BCUT2D eigenvalue weighted by Gasteiger charge is -2.35. The summed E-state index contributed by atoms with van der Waals surface area (Å²) in [5, 5.41) is 0. The van der Waals surface area contributed by atoms with Gasteiger partial charge in [-0.05, 0) is 45.6 Å². The molecule has 2 heterocycles. The van der Waals surface area contributed by atoms with E-state index in [0.29, 0.717) is 11.6 Å². The van der Waals surface area contributed by atoms with Gasteiger partial charge in [-0.25, -0.2) is 4.79 Å². The number of carbonyl (C=O) groups is 1. The van der Waals surface area contributed by atoms with E-state index >= 15 is 0 Å². The second-order valence-corrected chi connectivity index (χ2v) is 5.50. The van der Waals surface area contributed by atoms with Crippen LogP contribution in [0.4, 0.5) is 0 Å². The predicted molar refractivity (Wildman–Crippen MR) is 77.6 cm³/mol. The van der Waals surface area contributed by atoms with Crippen LogP contribution in [0, 0.1) is 0 Å². The molecule has 0 bridgehead atoms. The first-order chi connectivity index (χ1) is 9.60. The average molecular weight is 277 g/mol. The van der Waals surface area contributed by atoms with E-state index in [-0.39, 0.29) is 5.97 Å². The van der Waals surface area contributed by atoms with Gasteiger partial charge in [0.2, 0.25) is 0 Å². The number of rotatable bonds is 4. The van der Waals surface area contributed by atoms with E-state index in [4.69, 9.17) is 0 Å². The molecule has 5 nitrogen and oxygen atoms in total. The van der Waals surface area contributed by atoms with Gasteiger partial charge in [-0.1, -0.05) is 0 Å². The molecule has 0 aliphatic carbocycles. The van der Waals surface area contributed by atoms with Crippen molar-refractivity contribution < 1.29 is 9.53 Å². The topological polar surface area (TPSA) is 45.7 Å². The summed E-state index contributed by atoms with van der Waals surface area (Å²) in [6.07, 6.45) is 4.07. The molecule has 1 saturated heterocycles. The number of likely N-dealkylation sites (tertiary alicyclic amines) is 1. The zero-order chi connectivity index (χ0) is 14.5. The lowest BCUT2D eigenvalue weighted by Crippen LogP contribution is -2.44. The Labute approximate surface area is 120 Å². The van der Waals surface area contributed by atoms with E-state index in [2.05, 4.69) is 33.6 Å². The Bertz CT molecular complexity index is 447. The van der Waals surface area contributed by atoms with Gasteiger partial charge in [0.15, 0.2) is 0 Å². The SMILES string of the molecule is COC(=O)c1ccc(CN(C)C2CCCN(C)C2)nc1. The summed E-state index contributed by atoms with van der Waals surface area (Å²) >= 11 is 0. The third kappa shape index (κ3) is 3.77. The van der Waals surface area contributed by atoms with Crippen LogP contribution >= 0.6 is 0 Å². The Kier molecular flexibility index (Phi) is 5.09. The number of pyridine rings is 1. The number of esters is 1. The number of piperidine rings is 1. The highest BCUT2D eigenvalue weighted by Gasteiger charge is 2.21. The molecular weight excluding hydrogens is 254 g/mol. The van der Waals surface area contributed by atoms with Gasteiger partial charge in [-0.3, -0.25) is 9.88 Å². The van der Waals surface area contributed by atoms with Gasteiger partial charge in [0.05, 0.1) is 18.4 Å². The van der Waals surface area contributed by atoms with Gasteiger partial charge in [0.1, 0.15) is 0 Å². The summed E-state index contributed by atoms with van der Waals surface area (Å²) in [6.45, 7) is 3.10. The van der Waals surface area contributed by atoms with Crippen LogP contribution in [0.1, 0.15) is 28.9 Å². The average Bonchev–Trinajstić information content (AvgIpc) is 2.47. The molecule has 1 aromatic heterocycles. The molecule has 1 unspecified atom stereocenters. The number of aromatic nitrogens is 1. The molecule has 5 heteroatoms. The molecule has 0 amide bonds. The molecule has 1 aromatic rings. The predicted octanol–water partition coefficient (Wildman–Crippen LogP) is 1.39. The molecule has 0 radical (unpaired) electrons. The number of methoxy groups -OCH3 is 1. The van der Waals surface area contributed by atoms with Gasteiger partial charge in [0.25, 0.3) is 0 Å². The van der Waals surface area contributed by atoms with Crippen LogP contribution in [0.15, 0.2) is 18.3 Å². The normalized spacial score (nSPS) is 20.1. The number of hydrogen-bond acceptors (Lipinski definition) is 5. The first-order valence-electron chi connectivity index (χ1n) is 7.02. The van der Waals surface area contributed by atoms with E-state index in [1.165, 1.54) is 26.5 Å². The molecule has 1 aliphatic rings. The fraction of sp³-hybridized carbons (Fsp3) is 0.600. The standard InChI is InChI=1S/C15H23N3O2/c1-17-8-4-5-14(11-17)18(2)10-13-7-6-12(9-16-13)15(19)20-3/h6-7,9,14H,4-5,8,10-11H2,1-3H3. The largest absolute Gasteiger partial charge is 0.465 e. The minimum absolute atomic E-state index is 0.341. The van der Waals surface area contributed by atoms with Gasteiger partial charge in [-0.15, -0.1) is 0 Å². The number of nitrogens with zero attached hydrogens (tertiary/aromatic N) is 3. The van der Waals surface area contributed by atoms with Crippen LogP contribution < -0.4 is 0 Å². The molecule has 110 valence electrons. The van der Waals surface area contributed by atoms with Crippen molar-refractivity contribution in [2.45, 2.75) is 25.4 Å². The fourth-order valence-corrected chi connectivity index (χ4v) is 2.64. The number of hydrogen-bond donors (Lipinski definition) is 0. The number of likely N-dealkylation sites (N-methyl/N-ethyl adjacent to an activating group) is 2. The molecule has 20 heavy (non-hydrogen) atoms. The second kappa shape index (κ2) is 6.81. The highest BCUT2D eigenvalue weighted by atomic mass is 16.5. The number of carbonyl (C=O) groups excluding carboxylic acids is 1. The summed E-state index contributed by atoms with van der Waals surface area (Å²) in [7, 11) is 5.69. The van der Waals surface area contributed by atoms with E-state index in [0.717, 1.165) is 18.8 Å². The molecule has 1 fully saturated rings. The maximum Gasteiger partial charge on any atom is 0.339 e. The van der Waals surface area contributed by atoms with E-state index in [1.54, 1.807) is 12.3 Å². The Morgan fingerprint density at radius 3 is 2.95 bits per heavy atom. The van der Waals surface area contributed by atoms with Crippen LogP contribution in [0.2, 0.25) is 0 Å². The van der Waals surface area contributed by atoms with Crippen molar-refractivity contribution in [2.24, 2.45) is 0 Å². The molecule has 0 spiro atoms. The molecule has 0 aromatic carbocycles. The van der Waals surface area contributed by atoms with Crippen molar-refractivity contribution in [1.29, 1.82) is 0 Å². The van der Waals surface area contributed by atoms with Gasteiger partial charge >= 0.3 is 5.97 Å². The molecule has 0 saturated carbocycles. The summed E-state index contributed by atoms with van der Waals surface area (Å²) in [4.78, 5) is 20.4. The van der Waals surface area contributed by atoms with Crippen LogP contribution in [0.25, 0.3) is 0 Å². The lowest BCUT2D eigenvalue weighted by atomic mass is 10.0. The third-order valence-electron chi connectivity index (χ3n) is 3.88. The lowest BCUT2D eigenvalue weighted by molar-refractivity contribution is 0.0600. The molecule has 0 N–H and O–H groups in total. The van der Waals surface area contributed by atoms with E-state index < -0.39 is 0 Å². The summed E-state index contributed by atoms with van der Waals surface area (Å²) in [5.74, 6) is -0.341. The van der Waals surface area contributed by atoms with Crippen LogP contribution in [-0.4, -0.2) is 61.1 Å². The second-order valence-electron chi connectivity index (χ2n) is 5.50. The zero-order valence-electron chi connectivity index (χ0n) is 12.5. The highest BCUT2D eigenvalue weighted by molar-refractivity contribution is 5.88. The fourth-order valence-electron chi connectivity index (χ4n) is 2.64. The van der Waals surface area contributed by atoms with Crippen molar-refractivity contribution in [3.63, 3.8) is 0 Å². The van der Waals surface area contributed by atoms with Crippen molar-refractivity contribution in [1.82, 2.24) is 14.8 Å². The molecule has 2 rings (SSSR count). The molecule has 1 aliphatic heterocycles. The zero-order valence-corrected chi connectivity index (χ0v) is 12.5. The quantitative estimate of drug-likeness (QED) is 0.778. The monoisotopic (exact) mass is 277 g/mol. The van der Waals surface area contributed by atoms with Crippen LogP contribution in [0.3, 0.4) is 0 Å². The minimum Gasteiger partial charge on any atom is -0.465 e. The third-order valence-corrected chi connectivity index (χ3v) is 3.88. The van der Waals surface area contributed by atoms with Crippen molar-refractivity contribution >= 4 is 5.97 Å². The van der Waals surface area contributed by atoms with Gasteiger partial charge in [-0.2, -0.15) is 0 Å². The van der Waals surface area contributed by atoms with Crippen molar-refractivity contribution in [3.8, 4) is 0 Å². The van der Waals surface area contributed by atoms with Crippen LogP contribution in [-0.2, 0) is 11.3 Å². The first-order valence-corrected chi connectivity index (χ1v) is 7.02. The Balaban J connectivity index is 1.93. The first kappa shape index (κ1) is 14.9. The Morgan fingerprint density at radius 2 is 2.35 bits per heavy atom. The summed E-state index contributed by atoms with van der Waals surface area (Å²) in [6, 6.07) is 4.25. The summed E-state index contributed by atoms with van der Waals surface area (Å²) < 4.78 is 4.67. The molecule has 1 atom stereocenters. The van der Waals surface area contributed by atoms with Gasteiger partial charge < -0.3 is 9.64 Å². The highest BCUT2D eigenvalue weighted by Crippen LogP contribution is 2.15. The Hall–Kier alpha value is -1.46. The number of ether oxygens (including phenoxy) is 1. The van der Waals surface area contributed by atoms with Crippen molar-refractivity contribution in [3.05, 3.63) is 29.6 Å².